The second kappa shape index (κ2) is 4.97. The molecule has 0 amide bonds. The van der Waals surface area contributed by atoms with Crippen LogP contribution in [0.4, 0.5) is 0 Å². The zero-order valence-corrected chi connectivity index (χ0v) is 14.0. The Kier molecular flexibility index (Phi) is 4.42. The molecule has 1 aliphatic carbocycles. The lowest BCUT2D eigenvalue weighted by molar-refractivity contribution is -0.153. The van der Waals surface area contributed by atoms with E-state index in [0.717, 1.165) is 5.57 Å². The zero-order valence-electron chi connectivity index (χ0n) is 9.21. The topological polar surface area (TPSA) is 54.4 Å². The van der Waals surface area contributed by atoms with Gasteiger partial charge in [-0.3, -0.25) is 9.59 Å². The van der Waals surface area contributed by atoms with Crippen LogP contribution in [0.15, 0.2) is 23.8 Å². The summed E-state index contributed by atoms with van der Waals surface area (Å²) in [6, 6.07) is 0. The maximum absolute atomic E-state index is 12.3. The first-order chi connectivity index (χ1) is 7.62. The number of carboxylic acids is 1. The molecule has 0 aromatic heterocycles. The Morgan fingerprint density at radius 3 is 2.29 bits per heavy atom. The SMILES string of the molecule is CC1=CC(C)C(C(=O)O)(C(=O)C(Br)(Br)Br)C=C1. The lowest BCUT2D eigenvalue weighted by Gasteiger charge is -2.34. The predicted molar refractivity (Wildman–Crippen MR) is 76.6 cm³/mol. The quantitative estimate of drug-likeness (QED) is 0.537. The summed E-state index contributed by atoms with van der Waals surface area (Å²) in [4.78, 5) is 23.8. The van der Waals surface area contributed by atoms with Gasteiger partial charge in [-0.1, -0.05) is 78.5 Å². The standard InChI is InChI=1S/C11H11Br3O3/c1-6-3-4-10(9(16)17,7(2)5-6)8(15)11(12,13)14/h3-5,7H,1-2H3,(H,16,17). The van der Waals surface area contributed by atoms with E-state index in [1.807, 2.05) is 6.92 Å². The molecule has 1 rings (SSSR count). The number of hydrogen-bond acceptors (Lipinski definition) is 2. The summed E-state index contributed by atoms with van der Waals surface area (Å²) in [5.74, 6) is -2.06. The minimum atomic E-state index is -1.56. The van der Waals surface area contributed by atoms with E-state index in [1.54, 1.807) is 19.1 Å². The van der Waals surface area contributed by atoms with E-state index < -0.39 is 25.2 Å². The Bertz CT molecular complexity index is 420. The first-order valence-corrected chi connectivity index (χ1v) is 7.23. The molecule has 0 saturated heterocycles. The normalized spacial score (nSPS) is 28.8. The summed E-state index contributed by atoms with van der Waals surface area (Å²) in [6.45, 7) is 3.59. The Hall–Kier alpha value is 0.0600. The lowest BCUT2D eigenvalue weighted by atomic mass is 9.70. The van der Waals surface area contributed by atoms with Gasteiger partial charge in [0.2, 0.25) is 0 Å². The fraction of sp³-hybridized carbons (Fsp3) is 0.455. The number of carbonyl (C=O) groups is 2. The van der Waals surface area contributed by atoms with E-state index in [1.165, 1.54) is 6.08 Å². The van der Waals surface area contributed by atoms with Crippen LogP contribution in [0.1, 0.15) is 13.8 Å². The Morgan fingerprint density at radius 2 is 1.94 bits per heavy atom. The Balaban J connectivity index is 3.32. The van der Waals surface area contributed by atoms with Crippen LogP contribution in [0.25, 0.3) is 0 Å². The van der Waals surface area contributed by atoms with E-state index in [0.29, 0.717) is 0 Å². The second-order valence-electron chi connectivity index (χ2n) is 4.03. The average molecular weight is 431 g/mol. The second-order valence-corrected chi connectivity index (χ2v) is 10.8. The maximum Gasteiger partial charge on any atom is 0.321 e. The van der Waals surface area contributed by atoms with Gasteiger partial charge in [-0.15, -0.1) is 0 Å². The molecule has 0 saturated carbocycles. The molecule has 2 atom stereocenters. The number of carboxylic acid groups (broad SMARTS) is 1. The van der Waals surface area contributed by atoms with Gasteiger partial charge >= 0.3 is 5.97 Å². The average Bonchev–Trinajstić information content (AvgIpc) is 2.15. The molecule has 0 spiro atoms. The van der Waals surface area contributed by atoms with Crippen molar-refractivity contribution in [2.75, 3.05) is 0 Å². The van der Waals surface area contributed by atoms with Crippen LogP contribution < -0.4 is 0 Å². The van der Waals surface area contributed by atoms with Crippen LogP contribution in [-0.4, -0.2) is 19.0 Å². The van der Waals surface area contributed by atoms with Gasteiger partial charge in [0, 0.05) is 5.92 Å². The minimum Gasteiger partial charge on any atom is -0.480 e. The number of allylic oxidation sites excluding steroid dienone is 3. The number of carbonyl (C=O) groups excluding carboxylic acids is 1. The molecule has 6 heteroatoms. The van der Waals surface area contributed by atoms with E-state index in [-0.39, 0.29) is 0 Å². The van der Waals surface area contributed by atoms with Crippen LogP contribution in [0.5, 0.6) is 0 Å². The highest BCUT2D eigenvalue weighted by Crippen LogP contribution is 2.46. The van der Waals surface area contributed by atoms with Gasteiger partial charge in [-0.05, 0) is 6.92 Å². The van der Waals surface area contributed by atoms with Crippen LogP contribution in [0, 0.1) is 11.3 Å². The number of rotatable bonds is 2. The van der Waals surface area contributed by atoms with Gasteiger partial charge in [-0.25, -0.2) is 0 Å². The highest BCUT2D eigenvalue weighted by atomic mass is 80.0. The van der Waals surface area contributed by atoms with Gasteiger partial charge in [-0.2, -0.15) is 0 Å². The first-order valence-electron chi connectivity index (χ1n) is 4.85. The van der Waals surface area contributed by atoms with Crippen molar-refractivity contribution in [3.63, 3.8) is 0 Å². The molecule has 0 aliphatic heterocycles. The number of halogens is 3. The summed E-state index contributed by atoms with van der Waals surface area (Å²) < 4.78 is -1.23. The highest BCUT2D eigenvalue weighted by molar-refractivity contribution is 9.40. The fourth-order valence-electron chi connectivity index (χ4n) is 1.88. The number of ketones is 1. The van der Waals surface area contributed by atoms with Crippen molar-refractivity contribution in [2.24, 2.45) is 11.3 Å². The summed E-state index contributed by atoms with van der Waals surface area (Å²) in [5.41, 5.74) is -0.609. The van der Waals surface area contributed by atoms with Crippen LogP contribution in [-0.2, 0) is 9.59 Å². The molecule has 0 bridgehead atoms. The van der Waals surface area contributed by atoms with Crippen molar-refractivity contribution >= 4 is 59.5 Å². The molecule has 0 fully saturated rings. The highest BCUT2D eigenvalue weighted by Gasteiger charge is 2.54. The molecule has 94 valence electrons. The monoisotopic (exact) mass is 428 g/mol. The fourth-order valence-corrected chi connectivity index (χ4v) is 2.86. The molecule has 0 radical (unpaired) electrons. The van der Waals surface area contributed by atoms with Crippen LogP contribution >= 0.6 is 47.8 Å². The Labute approximate surface area is 125 Å². The smallest absolute Gasteiger partial charge is 0.321 e. The van der Waals surface area contributed by atoms with E-state index >= 15 is 0 Å². The maximum atomic E-state index is 12.3. The molecule has 0 aromatic carbocycles. The number of hydrogen-bond donors (Lipinski definition) is 1. The van der Waals surface area contributed by atoms with E-state index in [4.69, 9.17) is 0 Å². The van der Waals surface area contributed by atoms with Crippen molar-refractivity contribution in [3.8, 4) is 0 Å². The van der Waals surface area contributed by atoms with Crippen molar-refractivity contribution in [1.29, 1.82) is 0 Å². The third kappa shape index (κ3) is 2.74. The number of Topliss-reactive ketones (excluding diaryl/α,β-unsaturated/α-hetero) is 1. The predicted octanol–water partition coefficient (Wildman–Crippen LogP) is 3.62. The molecule has 1 N–H and O–H groups in total. The summed E-state index contributed by atoms with van der Waals surface area (Å²) in [5, 5.41) is 9.42. The van der Waals surface area contributed by atoms with Crippen molar-refractivity contribution < 1.29 is 14.7 Å². The molecule has 2 unspecified atom stereocenters. The molecule has 0 heterocycles. The molecular formula is C11H11Br3O3. The number of alkyl halides is 3. The van der Waals surface area contributed by atoms with Crippen molar-refractivity contribution in [3.05, 3.63) is 23.8 Å². The van der Waals surface area contributed by atoms with Gasteiger partial charge in [0.15, 0.2) is 13.3 Å². The molecule has 1 aliphatic rings. The summed E-state index contributed by atoms with van der Waals surface area (Å²) >= 11 is 9.27. The molecule has 17 heavy (non-hydrogen) atoms. The van der Waals surface area contributed by atoms with Gasteiger partial charge < -0.3 is 5.11 Å². The van der Waals surface area contributed by atoms with Gasteiger partial charge in [0.25, 0.3) is 0 Å². The van der Waals surface area contributed by atoms with E-state index in [9.17, 15) is 14.7 Å². The third-order valence-corrected chi connectivity index (χ3v) is 3.91. The van der Waals surface area contributed by atoms with Crippen LogP contribution in [0.2, 0.25) is 0 Å². The zero-order chi connectivity index (χ0) is 13.4. The largest absolute Gasteiger partial charge is 0.480 e. The number of aliphatic carboxylic acids is 1. The first kappa shape index (κ1) is 15.1. The molecular weight excluding hydrogens is 420 g/mol. The van der Waals surface area contributed by atoms with E-state index in [2.05, 4.69) is 47.8 Å². The van der Waals surface area contributed by atoms with Gasteiger partial charge in [0.05, 0.1) is 0 Å². The molecule has 0 aromatic rings. The third-order valence-electron chi connectivity index (χ3n) is 2.83. The van der Waals surface area contributed by atoms with Crippen molar-refractivity contribution in [1.82, 2.24) is 0 Å². The Morgan fingerprint density at radius 1 is 1.41 bits per heavy atom. The lowest BCUT2D eigenvalue weighted by Crippen LogP contribution is -2.48. The molecule has 3 nitrogen and oxygen atoms in total. The van der Waals surface area contributed by atoms with Gasteiger partial charge in [0.1, 0.15) is 0 Å². The van der Waals surface area contributed by atoms with Crippen molar-refractivity contribution in [2.45, 2.75) is 16.0 Å². The summed E-state index contributed by atoms with van der Waals surface area (Å²) in [7, 11) is 0. The summed E-state index contributed by atoms with van der Waals surface area (Å²) in [6.07, 6.45) is 4.89. The minimum absolute atomic E-state index is 0.412. The van der Waals surface area contributed by atoms with Crippen LogP contribution in [0.3, 0.4) is 0 Å².